The Kier molecular flexibility index (Phi) is 4.77. The van der Waals surface area contributed by atoms with E-state index in [1.54, 1.807) is 6.07 Å². The van der Waals surface area contributed by atoms with Gasteiger partial charge in [-0.2, -0.15) is 0 Å². The van der Waals surface area contributed by atoms with Gasteiger partial charge in [0.25, 0.3) is 0 Å². The Morgan fingerprint density at radius 3 is 2.62 bits per heavy atom. The second-order valence-corrected chi connectivity index (χ2v) is 6.21. The number of carbonyl (C=O) groups excluding carboxylic acids is 1. The first kappa shape index (κ1) is 16.0. The van der Waals surface area contributed by atoms with Crippen molar-refractivity contribution in [3.63, 3.8) is 0 Å². The van der Waals surface area contributed by atoms with Crippen molar-refractivity contribution in [1.29, 1.82) is 0 Å². The van der Waals surface area contributed by atoms with Crippen molar-refractivity contribution >= 4 is 17.2 Å². The summed E-state index contributed by atoms with van der Waals surface area (Å²) in [6, 6.07) is 14.2. The molecule has 0 atom stereocenters. The first-order valence-corrected chi connectivity index (χ1v) is 8.27. The molecular weight excluding hydrogens is 324 g/mol. The van der Waals surface area contributed by atoms with Gasteiger partial charge in [-0.1, -0.05) is 30.3 Å². The number of phenols is 2. The maximum atomic E-state index is 12.0. The summed E-state index contributed by atoms with van der Waals surface area (Å²) >= 11 is 1.39. The molecular formula is C18H16N2O3S. The van der Waals surface area contributed by atoms with Crippen LogP contribution in [0.2, 0.25) is 0 Å². The molecule has 3 N–H and O–H groups in total. The number of nitrogens with zero attached hydrogens (tertiary/aromatic N) is 1. The zero-order valence-electron chi connectivity index (χ0n) is 12.8. The molecule has 0 radical (unpaired) electrons. The number of hydrogen-bond donors (Lipinski definition) is 3. The fourth-order valence-corrected chi connectivity index (χ4v) is 3.01. The first-order chi connectivity index (χ1) is 11.6. The number of aromatic nitrogens is 1. The molecule has 0 aliphatic heterocycles. The lowest BCUT2D eigenvalue weighted by atomic mass is 10.1. The van der Waals surface area contributed by atoms with Crippen molar-refractivity contribution in [2.75, 3.05) is 0 Å². The molecule has 3 aromatic rings. The van der Waals surface area contributed by atoms with E-state index in [9.17, 15) is 15.0 Å². The zero-order chi connectivity index (χ0) is 16.9. The van der Waals surface area contributed by atoms with Crippen LogP contribution in [0.1, 0.15) is 10.6 Å². The van der Waals surface area contributed by atoms with Crippen LogP contribution in [-0.4, -0.2) is 21.1 Å². The number of benzene rings is 2. The van der Waals surface area contributed by atoms with Crippen LogP contribution in [-0.2, 0) is 17.8 Å². The summed E-state index contributed by atoms with van der Waals surface area (Å²) in [4.78, 5) is 16.4. The number of nitrogens with one attached hydrogen (secondary N) is 1. The molecule has 3 rings (SSSR count). The van der Waals surface area contributed by atoms with E-state index in [1.807, 2.05) is 35.7 Å². The Balaban J connectivity index is 1.61. The minimum absolute atomic E-state index is 0.0895. The molecule has 1 aromatic heterocycles. The molecule has 0 saturated carbocycles. The summed E-state index contributed by atoms with van der Waals surface area (Å²) in [6.07, 6.45) is 0.210. The van der Waals surface area contributed by atoms with Crippen molar-refractivity contribution in [3.8, 4) is 22.8 Å². The minimum Gasteiger partial charge on any atom is -0.504 e. The third-order valence-corrected chi connectivity index (χ3v) is 4.32. The Morgan fingerprint density at radius 1 is 1.08 bits per heavy atom. The number of rotatable bonds is 5. The molecule has 0 unspecified atom stereocenters. The number of phenolic OH excluding ortho intramolecular Hbond substituents is 2. The summed E-state index contributed by atoms with van der Waals surface area (Å²) in [5, 5.41) is 24.3. The summed E-state index contributed by atoms with van der Waals surface area (Å²) in [5.74, 6) is -0.453. The van der Waals surface area contributed by atoms with Crippen molar-refractivity contribution in [2.45, 2.75) is 13.0 Å². The number of carbonyl (C=O) groups is 1. The van der Waals surface area contributed by atoms with E-state index in [-0.39, 0.29) is 23.8 Å². The van der Waals surface area contributed by atoms with Crippen LogP contribution in [0.3, 0.4) is 0 Å². The lowest BCUT2D eigenvalue weighted by Gasteiger charge is -2.04. The monoisotopic (exact) mass is 340 g/mol. The highest BCUT2D eigenvalue weighted by molar-refractivity contribution is 7.10. The molecule has 0 aliphatic carbocycles. The van der Waals surface area contributed by atoms with Crippen LogP contribution in [0, 0.1) is 0 Å². The Bertz CT molecular complexity index is 846. The topological polar surface area (TPSA) is 82.5 Å². The molecule has 5 nitrogen and oxygen atoms in total. The highest BCUT2D eigenvalue weighted by Gasteiger charge is 2.10. The quantitative estimate of drug-likeness (QED) is 0.623. The van der Waals surface area contributed by atoms with E-state index in [0.717, 1.165) is 5.56 Å². The second-order valence-electron chi connectivity index (χ2n) is 5.27. The van der Waals surface area contributed by atoms with Crippen LogP contribution in [0.4, 0.5) is 0 Å². The minimum atomic E-state index is -0.192. The van der Waals surface area contributed by atoms with E-state index < -0.39 is 0 Å². The van der Waals surface area contributed by atoms with Crippen LogP contribution >= 0.6 is 11.3 Å². The average molecular weight is 340 g/mol. The van der Waals surface area contributed by atoms with E-state index in [0.29, 0.717) is 22.8 Å². The normalized spacial score (nSPS) is 10.5. The summed E-state index contributed by atoms with van der Waals surface area (Å²) < 4.78 is 0. The third-order valence-electron chi connectivity index (χ3n) is 3.47. The van der Waals surface area contributed by atoms with Gasteiger partial charge in [0.2, 0.25) is 5.91 Å². The van der Waals surface area contributed by atoms with E-state index >= 15 is 0 Å². The van der Waals surface area contributed by atoms with E-state index in [1.165, 1.54) is 23.5 Å². The van der Waals surface area contributed by atoms with Gasteiger partial charge >= 0.3 is 0 Å². The Morgan fingerprint density at radius 2 is 1.88 bits per heavy atom. The van der Waals surface area contributed by atoms with Crippen LogP contribution in [0.15, 0.2) is 53.9 Å². The highest BCUT2D eigenvalue weighted by atomic mass is 32.1. The SMILES string of the molecule is O=C(Cc1nc(-c2ccc(O)c(O)c2)cs1)NCc1ccccc1. The fourth-order valence-electron chi connectivity index (χ4n) is 2.20. The molecule has 122 valence electrons. The first-order valence-electron chi connectivity index (χ1n) is 7.39. The van der Waals surface area contributed by atoms with Gasteiger partial charge in [-0.15, -0.1) is 11.3 Å². The number of amides is 1. The highest BCUT2D eigenvalue weighted by Crippen LogP contribution is 2.31. The largest absolute Gasteiger partial charge is 0.504 e. The van der Waals surface area contributed by atoms with Crippen molar-refractivity contribution in [2.24, 2.45) is 0 Å². The summed E-state index contributed by atoms with van der Waals surface area (Å²) in [5.41, 5.74) is 2.41. The molecule has 0 saturated heterocycles. The number of thiazole rings is 1. The third kappa shape index (κ3) is 3.91. The van der Waals surface area contributed by atoms with E-state index in [2.05, 4.69) is 10.3 Å². The standard InChI is InChI=1S/C18H16N2O3S/c21-15-7-6-13(8-16(15)22)14-11-24-18(20-14)9-17(23)19-10-12-4-2-1-3-5-12/h1-8,11,21-22H,9-10H2,(H,19,23). The van der Waals surface area contributed by atoms with Gasteiger partial charge in [0.05, 0.1) is 12.1 Å². The number of aromatic hydroxyl groups is 2. The second kappa shape index (κ2) is 7.14. The van der Waals surface area contributed by atoms with Gasteiger partial charge in [-0.3, -0.25) is 4.79 Å². The van der Waals surface area contributed by atoms with Crippen molar-refractivity contribution in [1.82, 2.24) is 10.3 Å². The molecule has 0 aliphatic rings. The lowest BCUT2D eigenvalue weighted by molar-refractivity contribution is -0.120. The molecule has 1 amide bonds. The van der Waals surface area contributed by atoms with Gasteiger partial charge in [0.1, 0.15) is 5.01 Å². The van der Waals surface area contributed by atoms with Gasteiger partial charge in [-0.25, -0.2) is 4.98 Å². The molecule has 2 aromatic carbocycles. The average Bonchev–Trinajstić information content (AvgIpc) is 3.05. The van der Waals surface area contributed by atoms with Gasteiger partial charge < -0.3 is 15.5 Å². The predicted octanol–water partition coefficient (Wildman–Crippen LogP) is 3.08. The summed E-state index contributed by atoms with van der Waals surface area (Å²) in [7, 11) is 0. The van der Waals surface area contributed by atoms with Crippen LogP contribution in [0.25, 0.3) is 11.3 Å². The maximum Gasteiger partial charge on any atom is 0.227 e. The van der Waals surface area contributed by atoms with Crippen LogP contribution < -0.4 is 5.32 Å². The molecule has 24 heavy (non-hydrogen) atoms. The molecule has 6 heteroatoms. The zero-order valence-corrected chi connectivity index (χ0v) is 13.6. The summed E-state index contributed by atoms with van der Waals surface area (Å²) in [6.45, 7) is 0.490. The molecule has 0 bridgehead atoms. The fraction of sp³-hybridized carbons (Fsp3) is 0.111. The molecule has 0 spiro atoms. The smallest absolute Gasteiger partial charge is 0.227 e. The van der Waals surface area contributed by atoms with E-state index in [4.69, 9.17) is 0 Å². The van der Waals surface area contributed by atoms with Crippen molar-refractivity contribution in [3.05, 3.63) is 64.5 Å². The van der Waals surface area contributed by atoms with Gasteiger partial charge in [0, 0.05) is 17.5 Å². The van der Waals surface area contributed by atoms with Gasteiger partial charge in [-0.05, 0) is 23.8 Å². The Labute approximate surface area is 143 Å². The molecule has 0 fully saturated rings. The Hall–Kier alpha value is -2.86. The van der Waals surface area contributed by atoms with Crippen molar-refractivity contribution < 1.29 is 15.0 Å². The predicted molar refractivity (Wildman–Crippen MR) is 92.9 cm³/mol. The number of hydrogen-bond acceptors (Lipinski definition) is 5. The maximum absolute atomic E-state index is 12.0. The lowest BCUT2D eigenvalue weighted by Crippen LogP contribution is -2.24. The molecule has 1 heterocycles. The van der Waals surface area contributed by atoms with Crippen LogP contribution in [0.5, 0.6) is 11.5 Å². The van der Waals surface area contributed by atoms with Gasteiger partial charge in [0.15, 0.2) is 11.5 Å².